The molecule has 0 aliphatic carbocycles. The standard InChI is InChI=1S/C19H22ClN3O5S/c1-29(26,27)19-12-16(6-7-17(19)23(24)25)21-13-18(22-8-10-28-11-9-22)14-2-4-15(20)5-3-14/h2-7,12,18,21H,8-11,13H2,1H3. The SMILES string of the molecule is CS(=O)(=O)c1cc(NCC(c2ccc(Cl)cc2)N2CCOCC2)ccc1[N+](=O)[O-]. The Hall–Kier alpha value is -2.20. The molecule has 1 N–H and O–H groups in total. The van der Waals surface area contributed by atoms with Crippen molar-refractivity contribution in [1.29, 1.82) is 0 Å². The van der Waals surface area contributed by atoms with E-state index in [1.807, 2.05) is 24.3 Å². The number of anilines is 1. The number of nitrogens with one attached hydrogen (secondary N) is 1. The maximum atomic E-state index is 12.0. The average molecular weight is 440 g/mol. The number of halogens is 1. The smallest absolute Gasteiger partial charge is 0.288 e. The zero-order chi connectivity index (χ0) is 21.0. The fraction of sp³-hybridized carbons (Fsp3) is 0.368. The Morgan fingerprint density at radius 2 is 1.86 bits per heavy atom. The summed E-state index contributed by atoms with van der Waals surface area (Å²) in [5.74, 6) is 0. The van der Waals surface area contributed by atoms with Crippen LogP contribution >= 0.6 is 11.6 Å². The zero-order valence-electron chi connectivity index (χ0n) is 15.9. The summed E-state index contributed by atoms with van der Waals surface area (Å²) in [6.07, 6.45) is 0.962. The van der Waals surface area contributed by atoms with Crippen LogP contribution in [0.1, 0.15) is 11.6 Å². The van der Waals surface area contributed by atoms with E-state index in [1.165, 1.54) is 18.2 Å². The van der Waals surface area contributed by atoms with E-state index in [0.717, 1.165) is 24.9 Å². The van der Waals surface area contributed by atoms with Gasteiger partial charge in [-0.05, 0) is 29.8 Å². The van der Waals surface area contributed by atoms with Gasteiger partial charge in [-0.25, -0.2) is 8.42 Å². The van der Waals surface area contributed by atoms with Crippen molar-refractivity contribution in [3.05, 3.63) is 63.2 Å². The van der Waals surface area contributed by atoms with Crippen molar-refractivity contribution in [1.82, 2.24) is 4.90 Å². The van der Waals surface area contributed by atoms with Crippen LogP contribution in [-0.2, 0) is 14.6 Å². The molecule has 2 aromatic carbocycles. The van der Waals surface area contributed by atoms with Gasteiger partial charge in [-0.15, -0.1) is 0 Å². The number of nitrogens with zero attached hydrogens (tertiary/aromatic N) is 2. The number of hydrogen-bond acceptors (Lipinski definition) is 7. The Labute approximate surface area is 174 Å². The van der Waals surface area contributed by atoms with Gasteiger partial charge in [-0.1, -0.05) is 23.7 Å². The minimum Gasteiger partial charge on any atom is -0.383 e. The van der Waals surface area contributed by atoms with Crippen molar-refractivity contribution in [3.8, 4) is 0 Å². The largest absolute Gasteiger partial charge is 0.383 e. The molecular formula is C19H22ClN3O5S. The molecule has 8 nitrogen and oxygen atoms in total. The molecule has 0 bridgehead atoms. The Bertz CT molecular complexity index is 976. The second kappa shape index (κ2) is 9.08. The van der Waals surface area contributed by atoms with Gasteiger partial charge in [-0.2, -0.15) is 0 Å². The summed E-state index contributed by atoms with van der Waals surface area (Å²) in [6.45, 7) is 3.30. The number of hydrogen-bond donors (Lipinski definition) is 1. The minimum absolute atomic E-state index is 0.00745. The molecule has 1 aliphatic rings. The molecule has 10 heteroatoms. The van der Waals surface area contributed by atoms with E-state index in [1.54, 1.807) is 0 Å². The maximum absolute atomic E-state index is 12.0. The molecule has 0 radical (unpaired) electrons. The van der Waals surface area contributed by atoms with E-state index < -0.39 is 20.4 Å². The van der Waals surface area contributed by atoms with Crippen LogP contribution in [0.2, 0.25) is 5.02 Å². The van der Waals surface area contributed by atoms with Crippen molar-refractivity contribution < 1.29 is 18.1 Å². The third-order valence-corrected chi connectivity index (χ3v) is 6.17. The van der Waals surface area contributed by atoms with Gasteiger partial charge in [0, 0.05) is 42.7 Å². The van der Waals surface area contributed by atoms with Gasteiger partial charge in [0.15, 0.2) is 9.84 Å². The van der Waals surface area contributed by atoms with Gasteiger partial charge in [0.05, 0.1) is 24.2 Å². The van der Waals surface area contributed by atoms with Crippen molar-refractivity contribution in [2.75, 3.05) is 44.4 Å². The second-order valence-corrected chi connectivity index (χ2v) is 9.23. The van der Waals surface area contributed by atoms with Crippen LogP contribution in [0.3, 0.4) is 0 Å². The van der Waals surface area contributed by atoms with Crippen molar-refractivity contribution >= 4 is 32.8 Å². The summed E-state index contributed by atoms with van der Waals surface area (Å²) in [5, 5.41) is 15.0. The molecule has 1 fully saturated rings. The highest BCUT2D eigenvalue weighted by atomic mass is 35.5. The number of benzene rings is 2. The first-order chi connectivity index (χ1) is 13.8. The maximum Gasteiger partial charge on any atom is 0.288 e. The highest BCUT2D eigenvalue weighted by molar-refractivity contribution is 7.90. The van der Waals surface area contributed by atoms with Gasteiger partial charge < -0.3 is 10.1 Å². The van der Waals surface area contributed by atoms with E-state index in [2.05, 4.69) is 10.2 Å². The first-order valence-corrected chi connectivity index (χ1v) is 11.3. The third kappa shape index (κ3) is 5.45. The molecule has 1 saturated heterocycles. The van der Waals surface area contributed by atoms with Crippen LogP contribution in [0.5, 0.6) is 0 Å². The zero-order valence-corrected chi connectivity index (χ0v) is 17.4. The molecule has 1 heterocycles. The van der Waals surface area contributed by atoms with E-state index in [4.69, 9.17) is 16.3 Å². The Balaban J connectivity index is 1.85. The van der Waals surface area contributed by atoms with Crippen LogP contribution in [-0.4, -0.2) is 57.3 Å². The predicted octanol–water partition coefficient (Wildman–Crippen LogP) is 3.14. The Kier molecular flexibility index (Phi) is 6.74. The van der Waals surface area contributed by atoms with Crippen molar-refractivity contribution in [2.24, 2.45) is 0 Å². The lowest BCUT2D eigenvalue weighted by atomic mass is 10.0. The number of sulfone groups is 1. The van der Waals surface area contributed by atoms with Crippen LogP contribution < -0.4 is 5.32 Å². The summed E-state index contributed by atoms with van der Waals surface area (Å²) in [6, 6.07) is 11.6. The highest BCUT2D eigenvalue weighted by Gasteiger charge is 2.25. The lowest BCUT2D eigenvalue weighted by Gasteiger charge is -2.35. The molecule has 1 aliphatic heterocycles. The molecule has 0 spiro atoms. The van der Waals surface area contributed by atoms with Crippen molar-refractivity contribution in [2.45, 2.75) is 10.9 Å². The molecule has 29 heavy (non-hydrogen) atoms. The summed E-state index contributed by atoms with van der Waals surface area (Å²) in [5.41, 5.74) is 1.14. The van der Waals surface area contributed by atoms with E-state index in [9.17, 15) is 18.5 Å². The summed E-state index contributed by atoms with van der Waals surface area (Å²) < 4.78 is 29.4. The number of rotatable bonds is 7. The topological polar surface area (TPSA) is 102 Å². The minimum atomic E-state index is -3.74. The number of ether oxygens (including phenoxy) is 1. The molecule has 0 amide bonds. The van der Waals surface area contributed by atoms with E-state index in [-0.39, 0.29) is 10.9 Å². The average Bonchev–Trinajstić information content (AvgIpc) is 2.69. The van der Waals surface area contributed by atoms with Crippen molar-refractivity contribution in [3.63, 3.8) is 0 Å². The van der Waals surface area contributed by atoms with Gasteiger partial charge in [0.2, 0.25) is 0 Å². The first kappa shape index (κ1) is 21.5. The molecule has 2 aromatic rings. The Morgan fingerprint density at radius 3 is 2.45 bits per heavy atom. The predicted molar refractivity (Wildman–Crippen MR) is 111 cm³/mol. The third-order valence-electron chi connectivity index (χ3n) is 4.80. The van der Waals surface area contributed by atoms with E-state index >= 15 is 0 Å². The summed E-state index contributed by atoms with van der Waals surface area (Å²) >= 11 is 6.01. The van der Waals surface area contributed by atoms with Crippen LogP contribution in [0.25, 0.3) is 0 Å². The molecule has 3 rings (SSSR count). The van der Waals surface area contributed by atoms with Crippen LogP contribution in [0.4, 0.5) is 11.4 Å². The second-order valence-electron chi connectivity index (χ2n) is 6.81. The van der Waals surface area contributed by atoms with Gasteiger partial charge in [0.25, 0.3) is 5.69 Å². The normalized spacial score (nSPS) is 16.3. The quantitative estimate of drug-likeness (QED) is 0.522. The monoisotopic (exact) mass is 439 g/mol. The fourth-order valence-corrected chi connectivity index (χ4v) is 4.31. The molecule has 156 valence electrons. The molecule has 0 aromatic heterocycles. The first-order valence-electron chi connectivity index (χ1n) is 9.05. The summed E-state index contributed by atoms with van der Waals surface area (Å²) in [4.78, 5) is 12.4. The molecular weight excluding hydrogens is 418 g/mol. The number of nitro groups is 1. The van der Waals surface area contributed by atoms with Crippen LogP contribution in [0, 0.1) is 10.1 Å². The molecule has 0 saturated carbocycles. The summed E-state index contributed by atoms with van der Waals surface area (Å²) in [7, 11) is -3.74. The fourth-order valence-electron chi connectivity index (χ4n) is 3.32. The number of morpholine rings is 1. The lowest BCUT2D eigenvalue weighted by molar-refractivity contribution is -0.387. The van der Waals surface area contributed by atoms with Gasteiger partial charge in [-0.3, -0.25) is 15.0 Å². The molecule has 1 unspecified atom stereocenters. The lowest BCUT2D eigenvalue weighted by Crippen LogP contribution is -2.41. The van der Waals surface area contributed by atoms with Gasteiger partial charge in [0.1, 0.15) is 4.90 Å². The number of nitro benzene ring substituents is 1. The van der Waals surface area contributed by atoms with Gasteiger partial charge >= 0.3 is 0 Å². The van der Waals surface area contributed by atoms with E-state index in [0.29, 0.717) is 30.5 Å². The molecule has 1 atom stereocenters. The Morgan fingerprint density at radius 1 is 1.21 bits per heavy atom. The van der Waals surface area contributed by atoms with Crippen LogP contribution in [0.15, 0.2) is 47.4 Å². The highest BCUT2D eigenvalue weighted by Crippen LogP contribution is 2.29.